The van der Waals surface area contributed by atoms with Gasteiger partial charge in [0.05, 0.1) is 19.7 Å². The molecule has 0 spiro atoms. The fraction of sp³-hybridized carbons (Fsp3) is 0.667. The summed E-state index contributed by atoms with van der Waals surface area (Å²) in [5, 5.41) is 0. The number of quaternary nitrogens is 1. The molecule has 0 aliphatic rings. The van der Waals surface area contributed by atoms with Gasteiger partial charge in [0.2, 0.25) is 0 Å². The number of hydrogen-bond acceptors (Lipinski definition) is 6. The molecule has 1 N–H and O–H groups in total. The number of furan rings is 1. The standard InChI is InChI=1S/C15H26NO6P/c1-6-16(7-2)10-12-9-13(15(17)21-8-3)14(22-12)11-23(18,19-4)20-5/h9H,6-8,10-11H2,1-5H3/p+1. The first-order chi connectivity index (χ1) is 10.9. The van der Waals surface area contributed by atoms with Crippen molar-refractivity contribution in [3.63, 3.8) is 0 Å². The van der Waals surface area contributed by atoms with E-state index in [2.05, 4.69) is 13.8 Å². The normalized spacial score (nSPS) is 11.9. The molecule has 0 aliphatic carbocycles. The van der Waals surface area contributed by atoms with E-state index in [9.17, 15) is 9.36 Å². The van der Waals surface area contributed by atoms with E-state index in [1.54, 1.807) is 13.0 Å². The van der Waals surface area contributed by atoms with E-state index in [-0.39, 0.29) is 24.1 Å². The van der Waals surface area contributed by atoms with Gasteiger partial charge in [0.25, 0.3) is 0 Å². The fourth-order valence-electron chi connectivity index (χ4n) is 2.20. The Morgan fingerprint density at radius 1 is 1.22 bits per heavy atom. The molecule has 8 heteroatoms. The van der Waals surface area contributed by atoms with Crippen LogP contribution in [0.4, 0.5) is 0 Å². The summed E-state index contributed by atoms with van der Waals surface area (Å²) in [6, 6.07) is 1.66. The van der Waals surface area contributed by atoms with Crippen molar-refractivity contribution in [3.05, 3.63) is 23.2 Å². The molecule has 0 radical (unpaired) electrons. The maximum Gasteiger partial charge on any atom is 0.341 e. The Morgan fingerprint density at radius 3 is 2.30 bits per heavy atom. The van der Waals surface area contributed by atoms with Crippen molar-refractivity contribution in [1.29, 1.82) is 0 Å². The van der Waals surface area contributed by atoms with Gasteiger partial charge in [0, 0.05) is 20.3 Å². The van der Waals surface area contributed by atoms with Crippen LogP contribution < -0.4 is 4.90 Å². The van der Waals surface area contributed by atoms with E-state index in [0.29, 0.717) is 12.3 Å². The Labute approximate surface area is 137 Å². The number of esters is 1. The van der Waals surface area contributed by atoms with Gasteiger partial charge in [-0.25, -0.2) is 4.79 Å². The van der Waals surface area contributed by atoms with Crippen LogP contribution in [0.1, 0.15) is 42.6 Å². The summed E-state index contributed by atoms with van der Waals surface area (Å²) >= 11 is 0. The summed E-state index contributed by atoms with van der Waals surface area (Å²) in [6.07, 6.45) is -0.109. The molecule has 132 valence electrons. The largest absolute Gasteiger partial charge is 0.462 e. The van der Waals surface area contributed by atoms with Crippen LogP contribution in [0.3, 0.4) is 0 Å². The Balaban J connectivity index is 3.12. The minimum absolute atomic E-state index is 0.109. The zero-order valence-electron chi connectivity index (χ0n) is 14.5. The molecule has 1 rings (SSSR count). The quantitative estimate of drug-likeness (QED) is 0.514. The van der Waals surface area contributed by atoms with Crippen LogP contribution in [0, 0.1) is 0 Å². The summed E-state index contributed by atoms with van der Waals surface area (Å²) in [6.45, 7) is 8.67. The average Bonchev–Trinajstić information content (AvgIpc) is 2.94. The monoisotopic (exact) mass is 348 g/mol. The summed E-state index contributed by atoms with van der Waals surface area (Å²) in [4.78, 5) is 13.4. The minimum atomic E-state index is -3.33. The number of carbonyl (C=O) groups is 1. The molecule has 0 atom stereocenters. The first kappa shape index (κ1) is 19.9. The van der Waals surface area contributed by atoms with Gasteiger partial charge >= 0.3 is 13.6 Å². The number of nitrogens with one attached hydrogen (secondary N) is 1. The van der Waals surface area contributed by atoms with E-state index in [1.165, 1.54) is 19.1 Å². The van der Waals surface area contributed by atoms with Crippen LogP contribution in [-0.4, -0.2) is 39.9 Å². The summed E-state index contributed by atoms with van der Waals surface area (Å²) in [5.41, 5.74) is 0.280. The Kier molecular flexibility index (Phi) is 7.99. The molecule has 1 heterocycles. The zero-order chi connectivity index (χ0) is 17.5. The molecule has 0 saturated heterocycles. The Bertz CT molecular complexity index is 544. The van der Waals surface area contributed by atoms with Crippen LogP contribution in [-0.2, 0) is 31.1 Å². The molecule has 0 fully saturated rings. The van der Waals surface area contributed by atoms with E-state index in [1.807, 2.05) is 0 Å². The lowest BCUT2D eigenvalue weighted by molar-refractivity contribution is -0.911. The molecular weight excluding hydrogens is 321 g/mol. The van der Waals surface area contributed by atoms with Crippen molar-refractivity contribution in [2.45, 2.75) is 33.5 Å². The smallest absolute Gasteiger partial charge is 0.341 e. The second kappa shape index (κ2) is 9.23. The molecule has 0 bridgehead atoms. The first-order valence-corrected chi connectivity index (χ1v) is 9.48. The lowest BCUT2D eigenvalue weighted by Gasteiger charge is -2.14. The predicted molar refractivity (Wildman–Crippen MR) is 85.7 cm³/mol. The van der Waals surface area contributed by atoms with E-state index >= 15 is 0 Å². The summed E-state index contributed by atoms with van der Waals surface area (Å²) in [5.74, 6) is 0.434. The SMILES string of the molecule is CCOC(=O)c1cc(C[NH+](CC)CC)oc1CP(=O)(OC)OC. The number of carbonyl (C=O) groups excluding carboxylic acids is 1. The van der Waals surface area contributed by atoms with E-state index < -0.39 is 13.6 Å². The van der Waals surface area contributed by atoms with Crippen molar-refractivity contribution in [1.82, 2.24) is 0 Å². The maximum atomic E-state index is 12.3. The van der Waals surface area contributed by atoms with Gasteiger partial charge in [-0.3, -0.25) is 4.57 Å². The number of hydrogen-bond donors (Lipinski definition) is 1. The number of ether oxygens (including phenoxy) is 1. The molecule has 0 aliphatic heterocycles. The average molecular weight is 348 g/mol. The molecule has 0 unspecified atom stereocenters. The molecule has 0 saturated carbocycles. The van der Waals surface area contributed by atoms with Crippen LogP contribution in [0.2, 0.25) is 0 Å². The van der Waals surface area contributed by atoms with Crippen LogP contribution >= 0.6 is 7.60 Å². The highest BCUT2D eigenvalue weighted by Crippen LogP contribution is 2.50. The predicted octanol–water partition coefficient (Wildman–Crippen LogP) is 1.87. The molecular formula is C15H27NO6P+. The second-order valence-electron chi connectivity index (χ2n) is 5.04. The van der Waals surface area contributed by atoms with E-state index in [0.717, 1.165) is 13.1 Å². The van der Waals surface area contributed by atoms with Crippen molar-refractivity contribution >= 4 is 13.6 Å². The highest BCUT2D eigenvalue weighted by atomic mass is 31.2. The van der Waals surface area contributed by atoms with E-state index in [4.69, 9.17) is 18.2 Å². The van der Waals surface area contributed by atoms with Gasteiger partial charge in [-0.2, -0.15) is 0 Å². The van der Waals surface area contributed by atoms with Gasteiger partial charge in [-0.1, -0.05) is 0 Å². The van der Waals surface area contributed by atoms with Crippen LogP contribution in [0.25, 0.3) is 0 Å². The number of rotatable bonds is 10. The van der Waals surface area contributed by atoms with Gasteiger partial charge in [0.1, 0.15) is 24.0 Å². The summed E-state index contributed by atoms with van der Waals surface area (Å²) < 4.78 is 33.0. The Hall–Kier alpha value is -1.14. The molecule has 1 aromatic heterocycles. The highest BCUT2D eigenvalue weighted by molar-refractivity contribution is 7.52. The lowest BCUT2D eigenvalue weighted by atomic mass is 10.2. The second-order valence-corrected chi connectivity index (χ2v) is 7.31. The van der Waals surface area contributed by atoms with Crippen molar-refractivity contribution in [2.24, 2.45) is 0 Å². The van der Waals surface area contributed by atoms with Gasteiger partial charge in [-0.15, -0.1) is 0 Å². The first-order valence-electron chi connectivity index (χ1n) is 7.75. The topological polar surface area (TPSA) is 79.4 Å². The molecule has 0 amide bonds. The van der Waals surface area contributed by atoms with Crippen LogP contribution in [0.5, 0.6) is 0 Å². The maximum absolute atomic E-state index is 12.3. The molecule has 0 aromatic carbocycles. The lowest BCUT2D eigenvalue weighted by Crippen LogP contribution is -3.10. The van der Waals surface area contributed by atoms with Gasteiger partial charge in [0.15, 0.2) is 5.76 Å². The summed E-state index contributed by atoms with van der Waals surface area (Å²) in [7, 11) is -0.724. The zero-order valence-corrected chi connectivity index (χ0v) is 15.4. The third-order valence-electron chi connectivity index (χ3n) is 3.67. The molecule has 7 nitrogen and oxygen atoms in total. The third-order valence-corrected chi connectivity index (χ3v) is 5.46. The fourth-order valence-corrected chi connectivity index (χ4v) is 3.19. The Morgan fingerprint density at radius 2 is 1.83 bits per heavy atom. The van der Waals surface area contributed by atoms with Crippen molar-refractivity contribution in [2.75, 3.05) is 33.9 Å². The minimum Gasteiger partial charge on any atom is -0.462 e. The third kappa shape index (κ3) is 5.46. The van der Waals surface area contributed by atoms with Crippen molar-refractivity contribution in [3.8, 4) is 0 Å². The van der Waals surface area contributed by atoms with Gasteiger partial charge in [-0.05, 0) is 20.8 Å². The molecule has 23 heavy (non-hydrogen) atoms. The van der Waals surface area contributed by atoms with Gasteiger partial charge < -0.3 is 23.1 Å². The highest BCUT2D eigenvalue weighted by Gasteiger charge is 2.29. The van der Waals surface area contributed by atoms with Crippen molar-refractivity contribution < 1.29 is 32.5 Å². The molecule has 1 aromatic rings. The van der Waals surface area contributed by atoms with Crippen LogP contribution in [0.15, 0.2) is 10.5 Å².